The molecule has 2 aromatic rings. The van der Waals surface area contributed by atoms with Gasteiger partial charge in [-0.1, -0.05) is 0 Å². The SMILES string of the molecule is Cc1nn(-c2ccc(F)cc2)cc1CNC(=O)N[C@@H]1CCN(C)C1=O. The molecule has 3 amide bonds. The maximum atomic E-state index is 13.0. The molecule has 1 fully saturated rings. The summed E-state index contributed by atoms with van der Waals surface area (Å²) < 4.78 is 14.6. The van der Waals surface area contributed by atoms with Crippen LogP contribution in [0.5, 0.6) is 0 Å². The Morgan fingerprint density at radius 3 is 2.72 bits per heavy atom. The van der Waals surface area contributed by atoms with Gasteiger partial charge in [0.25, 0.3) is 0 Å². The molecule has 7 nitrogen and oxygen atoms in total. The predicted molar refractivity (Wildman–Crippen MR) is 89.7 cm³/mol. The van der Waals surface area contributed by atoms with Crippen molar-refractivity contribution in [3.63, 3.8) is 0 Å². The minimum Gasteiger partial charge on any atom is -0.344 e. The highest BCUT2D eigenvalue weighted by atomic mass is 19.1. The van der Waals surface area contributed by atoms with E-state index in [0.717, 1.165) is 16.9 Å². The number of carbonyl (C=O) groups is 2. The van der Waals surface area contributed by atoms with E-state index in [-0.39, 0.29) is 24.3 Å². The van der Waals surface area contributed by atoms with Crippen molar-refractivity contribution in [1.29, 1.82) is 0 Å². The minimum absolute atomic E-state index is 0.0736. The number of halogens is 1. The van der Waals surface area contributed by atoms with Crippen LogP contribution in [-0.2, 0) is 11.3 Å². The van der Waals surface area contributed by atoms with Crippen molar-refractivity contribution in [2.45, 2.75) is 25.9 Å². The van der Waals surface area contributed by atoms with Crippen molar-refractivity contribution in [2.75, 3.05) is 13.6 Å². The molecule has 1 aliphatic heterocycles. The summed E-state index contributed by atoms with van der Waals surface area (Å²) in [5.74, 6) is -0.381. The summed E-state index contributed by atoms with van der Waals surface area (Å²) in [6.45, 7) is 2.77. The zero-order chi connectivity index (χ0) is 18.0. The molecule has 0 saturated carbocycles. The summed E-state index contributed by atoms with van der Waals surface area (Å²) in [7, 11) is 1.72. The van der Waals surface area contributed by atoms with E-state index >= 15 is 0 Å². The lowest BCUT2D eigenvalue weighted by Gasteiger charge is -2.12. The van der Waals surface area contributed by atoms with Crippen LogP contribution in [-0.4, -0.2) is 46.3 Å². The number of hydrogen-bond acceptors (Lipinski definition) is 3. The van der Waals surface area contributed by atoms with Crippen LogP contribution < -0.4 is 10.6 Å². The van der Waals surface area contributed by atoms with E-state index in [9.17, 15) is 14.0 Å². The van der Waals surface area contributed by atoms with Crippen LogP contribution in [0.25, 0.3) is 5.69 Å². The van der Waals surface area contributed by atoms with Gasteiger partial charge in [-0.25, -0.2) is 13.9 Å². The summed E-state index contributed by atoms with van der Waals surface area (Å²) in [6, 6.07) is 5.15. The third-order valence-corrected chi connectivity index (χ3v) is 4.26. The molecule has 2 heterocycles. The molecule has 1 atom stereocenters. The van der Waals surface area contributed by atoms with Gasteiger partial charge < -0.3 is 15.5 Å². The molecule has 1 saturated heterocycles. The number of benzene rings is 1. The summed E-state index contributed by atoms with van der Waals surface area (Å²) in [6.07, 6.45) is 2.40. The number of nitrogens with zero attached hydrogens (tertiary/aromatic N) is 3. The summed E-state index contributed by atoms with van der Waals surface area (Å²) in [4.78, 5) is 25.4. The molecule has 1 aromatic heterocycles. The number of carbonyl (C=O) groups excluding carboxylic acids is 2. The second-order valence-electron chi connectivity index (χ2n) is 6.09. The van der Waals surface area contributed by atoms with Gasteiger partial charge >= 0.3 is 6.03 Å². The molecular formula is C17H20FN5O2. The largest absolute Gasteiger partial charge is 0.344 e. The molecule has 0 spiro atoms. The normalized spacial score (nSPS) is 17.0. The van der Waals surface area contributed by atoms with Crippen LogP contribution in [0.1, 0.15) is 17.7 Å². The van der Waals surface area contributed by atoms with Gasteiger partial charge in [-0.15, -0.1) is 0 Å². The van der Waals surface area contributed by atoms with Crippen molar-refractivity contribution in [3.8, 4) is 5.69 Å². The molecule has 132 valence electrons. The molecule has 1 aliphatic rings. The fourth-order valence-electron chi connectivity index (χ4n) is 2.74. The maximum Gasteiger partial charge on any atom is 0.315 e. The number of urea groups is 1. The summed E-state index contributed by atoms with van der Waals surface area (Å²) >= 11 is 0. The van der Waals surface area contributed by atoms with E-state index < -0.39 is 6.04 Å². The Balaban J connectivity index is 1.59. The summed E-state index contributed by atoms with van der Waals surface area (Å²) in [5.41, 5.74) is 2.34. The van der Waals surface area contributed by atoms with E-state index in [0.29, 0.717) is 13.0 Å². The van der Waals surface area contributed by atoms with Crippen LogP contribution in [0, 0.1) is 12.7 Å². The molecule has 1 aromatic carbocycles. The molecular weight excluding hydrogens is 325 g/mol. The van der Waals surface area contributed by atoms with Gasteiger partial charge in [-0.05, 0) is 37.6 Å². The Kier molecular flexibility index (Phi) is 4.69. The van der Waals surface area contributed by atoms with Crippen LogP contribution in [0.15, 0.2) is 30.5 Å². The third kappa shape index (κ3) is 3.78. The number of aromatic nitrogens is 2. The monoisotopic (exact) mass is 345 g/mol. The number of aryl methyl sites for hydroxylation is 1. The lowest BCUT2D eigenvalue weighted by Crippen LogP contribution is -2.45. The number of amides is 3. The highest BCUT2D eigenvalue weighted by Gasteiger charge is 2.30. The number of nitrogens with one attached hydrogen (secondary N) is 2. The fourth-order valence-corrected chi connectivity index (χ4v) is 2.74. The molecule has 8 heteroatoms. The van der Waals surface area contributed by atoms with Gasteiger partial charge in [0.1, 0.15) is 11.9 Å². The van der Waals surface area contributed by atoms with Crippen molar-refractivity contribution in [3.05, 3.63) is 47.5 Å². The van der Waals surface area contributed by atoms with Gasteiger partial charge in [-0.2, -0.15) is 5.10 Å². The summed E-state index contributed by atoms with van der Waals surface area (Å²) in [5, 5.41) is 9.80. The first-order valence-electron chi connectivity index (χ1n) is 8.04. The van der Waals surface area contributed by atoms with Gasteiger partial charge in [-0.3, -0.25) is 4.79 Å². The standard InChI is InChI=1S/C17H20FN5O2/c1-11-12(10-23(21-11)14-5-3-13(18)4-6-14)9-19-17(25)20-15-7-8-22(2)16(15)24/h3-6,10,15H,7-9H2,1-2H3,(H2,19,20,25)/t15-/m1/s1. The van der Waals surface area contributed by atoms with E-state index in [2.05, 4.69) is 15.7 Å². The Morgan fingerprint density at radius 2 is 2.08 bits per heavy atom. The number of likely N-dealkylation sites (tertiary alicyclic amines) is 1. The van der Waals surface area contributed by atoms with Crippen molar-refractivity contribution < 1.29 is 14.0 Å². The molecule has 3 rings (SSSR count). The van der Waals surface area contributed by atoms with E-state index in [1.807, 2.05) is 6.92 Å². The minimum atomic E-state index is -0.465. The average molecular weight is 345 g/mol. The molecule has 0 radical (unpaired) electrons. The molecule has 2 N–H and O–H groups in total. The van der Waals surface area contributed by atoms with Gasteiger partial charge in [0, 0.05) is 31.9 Å². The molecule has 25 heavy (non-hydrogen) atoms. The zero-order valence-electron chi connectivity index (χ0n) is 14.1. The van der Waals surface area contributed by atoms with E-state index in [1.165, 1.54) is 12.1 Å². The van der Waals surface area contributed by atoms with E-state index in [4.69, 9.17) is 0 Å². The highest BCUT2D eigenvalue weighted by molar-refractivity contribution is 5.88. The second-order valence-corrected chi connectivity index (χ2v) is 6.09. The topological polar surface area (TPSA) is 79.3 Å². The predicted octanol–water partition coefficient (Wildman–Crippen LogP) is 1.35. The Morgan fingerprint density at radius 1 is 1.36 bits per heavy atom. The quantitative estimate of drug-likeness (QED) is 0.878. The second kappa shape index (κ2) is 6.92. The van der Waals surface area contributed by atoms with Crippen molar-refractivity contribution >= 4 is 11.9 Å². The van der Waals surface area contributed by atoms with Gasteiger partial charge in [0.05, 0.1) is 11.4 Å². The highest BCUT2D eigenvalue weighted by Crippen LogP contribution is 2.13. The average Bonchev–Trinajstić information content (AvgIpc) is 3.11. The first-order valence-corrected chi connectivity index (χ1v) is 8.04. The van der Waals surface area contributed by atoms with Crippen LogP contribution in [0.2, 0.25) is 0 Å². The first kappa shape index (κ1) is 16.9. The third-order valence-electron chi connectivity index (χ3n) is 4.26. The molecule has 0 aliphatic carbocycles. The molecule has 0 unspecified atom stereocenters. The van der Waals surface area contributed by atoms with Crippen LogP contribution in [0.4, 0.5) is 9.18 Å². The smallest absolute Gasteiger partial charge is 0.315 e. The number of likely N-dealkylation sites (N-methyl/N-ethyl adjacent to an activating group) is 1. The van der Waals surface area contributed by atoms with Gasteiger partial charge in [0.15, 0.2) is 0 Å². The van der Waals surface area contributed by atoms with Gasteiger partial charge in [0.2, 0.25) is 5.91 Å². The fraction of sp³-hybridized carbons (Fsp3) is 0.353. The maximum absolute atomic E-state index is 13.0. The Hall–Kier alpha value is -2.90. The number of hydrogen-bond donors (Lipinski definition) is 2. The van der Waals surface area contributed by atoms with Crippen molar-refractivity contribution in [2.24, 2.45) is 0 Å². The molecule has 0 bridgehead atoms. The zero-order valence-corrected chi connectivity index (χ0v) is 14.1. The Labute approximate surface area is 144 Å². The lowest BCUT2D eigenvalue weighted by atomic mass is 10.2. The first-order chi connectivity index (χ1) is 11.9. The van der Waals surface area contributed by atoms with Crippen LogP contribution in [0.3, 0.4) is 0 Å². The van der Waals surface area contributed by atoms with Crippen LogP contribution >= 0.6 is 0 Å². The van der Waals surface area contributed by atoms with E-state index in [1.54, 1.807) is 35.0 Å². The Bertz CT molecular complexity index is 787. The number of rotatable bonds is 4. The van der Waals surface area contributed by atoms with Crippen molar-refractivity contribution in [1.82, 2.24) is 25.3 Å². The lowest BCUT2D eigenvalue weighted by molar-refractivity contribution is -0.128.